The molecule has 2 aliphatic heterocycles. The predicted octanol–water partition coefficient (Wildman–Crippen LogP) is 2.81. The lowest BCUT2D eigenvalue weighted by Gasteiger charge is -2.35. The number of hydrogen-bond acceptors (Lipinski definition) is 4. The molecule has 9 heteroatoms. The maximum Gasteiger partial charge on any atom is 0.326 e. The number of urea groups is 1. The van der Waals surface area contributed by atoms with Gasteiger partial charge >= 0.3 is 6.03 Å². The molecule has 1 fully saturated rings. The molecule has 8 nitrogen and oxygen atoms in total. The number of carbonyl (C=O) groups excluding carboxylic acids is 3. The van der Waals surface area contributed by atoms with E-state index < -0.39 is 11.8 Å². The third kappa shape index (κ3) is 5.14. The molecule has 0 aliphatic carbocycles. The van der Waals surface area contributed by atoms with E-state index >= 15 is 0 Å². The molecule has 2 aliphatic rings. The van der Waals surface area contributed by atoms with Crippen LogP contribution in [0.2, 0.25) is 0 Å². The number of hydrogen-bond donors (Lipinski definition) is 2. The van der Waals surface area contributed by atoms with Crippen LogP contribution < -0.4 is 20.4 Å². The maximum atomic E-state index is 13.1. The molecular formula is C24H28FN5O3. The second-order valence-electron chi connectivity index (χ2n) is 8.22. The normalized spacial score (nSPS) is 18.2. The Morgan fingerprint density at radius 1 is 1.09 bits per heavy atom. The monoisotopic (exact) mass is 453 g/mol. The van der Waals surface area contributed by atoms with Crippen LogP contribution in [0.25, 0.3) is 0 Å². The summed E-state index contributed by atoms with van der Waals surface area (Å²) in [4.78, 5) is 43.5. The zero-order valence-electron chi connectivity index (χ0n) is 18.6. The fraction of sp³-hybridized carbons (Fsp3) is 0.375. The van der Waals surface area contributed by atoms with E-state index in [4.69, 9.17) is 0 Å². The zero-order chi connectivity index (χ0) is 23.4. The minimum atomic E-state index is -0.507. The van der Waals surface area contributed by atoms with Crippen LogP contribution in [-0.4, -0.2) is 61.5 Å². The number of anilines is 3. The first kappa shape index (κ1) is 22.7. The average molecular weight is 454 g/mol. The highest BCUT2D eigenvalue weighted by atomic mass is 19.1. The van der Waals surface area contributed by atoms with Crippen LogP contribution in [0.3, 0.4) is 0 Å². The van der Waals surface area contributed by atoms with Crippen LogP contribution in [0.15, 0.2) is 48.5 Å². The van der Waals surface area contributed by atoms with Crippen molar-refractivity contribution in [2.75, 3.05) is 47.8 Å². The smallest absolute Gasteiger partial charge is 0.326 e. The van der Waals surface area contributed by atoms with Gasteiger partial charge < -0.3 is 10.6 Å². The van der Waals surface area contributed by atoms with Gasteiger partial charge in [-0.25, -0.2) is 9.18 Å². The molecule has 0 saturated carbocycles. The first-order valence-electron chi connectivity index (χ1n) is 11.2. The molecule has 4 rings (SSSR count). The topological polar surface area (TPSA) is 85.0 Å². The van der Waals surface area contributed by atoms with Crippen LogP contribution in [0.5, 0.6) is 0 Å². The van der Waals surface area contributed by atoms with Crippen molar-refractivity contribution in [1.82, 2.24) is 10.2 Å². The van der Waals surface area contributed by atoms with E-state index in [9.17, 15) is 18.8 Å². The molecule has 2 N–H and O–H groups in total. The highest BCUT2D eigenvalue weighted by Crippen LogP contribution is 2.33. The molecule has 4 amide bonds. The number of likely N-dealkylation sites (tertiary alicyclic amines) is 1. The van der Waals surface area contributed by atoms with Gasteiger partial charge in [-0.1, -0.05) is 19.1 Å². The number of amides is 4. The number of nitrogens with one attached hydrogen (secondary N) is 2. The van der Waals surface area contributed by atoms with Crippen LogP contribution >= 0.6 is 0 Å². The largest absolute Gasteiger partial charge is 0.353 e. The van der Waals surface area contributed by atoms with E-state index in [1.54, 1.807) is 24.3 Å². The van der Waals surface area contributed by atoms with Crippen LogP contribution in [0, 0.1) is 5.82 Å². The molecule has 1 atom stereocenters. The van der Waals surface area contributed by atoms with Gasteiger partial charge in [0.05, 0.1) is 11.4 Å². The molecule has 0 aromatic heterocycles. The molecule has 0 radical (unpaired) electrons. The number of rotatable bonds is 6. The van der Waals surface area contributed by atoms with E-state index in [1.165, 1.54) is 34.1 Å². The Morgan fingerprint density at radius 3 is 2.55 bits per heavy atom. The molecule has 0 spiro atoms. The first-order chi connectivity index (χ1) is 16.0. The van der Waals surface area contributed by atoms with Crippen LogP contribution in [0.4, 0.5) is 26.2 Å². The number of halogens is 1. The van der Waals surface area contributed by atoms with Gasteiger partial charge in [0.2, 0.25) is 11.8 Å². The van der Waals surface area contributed by atoms with Gasteiger partial charge in [0.25, 0.3) is 0 Å². The average Bonchev–Trinajstić information content (AvgIpc) is 3.28. The summed E-state index contributed by atoms with van der Waals surface area (Å²) in [6.07, 6.45) is 2.18. The van der Waals surface area contributed by atoms with Crippen molar-refractivity contribution >= 4 is 34.9 Å². The van der Waals surface area contributed by atoms with Crippen molar-refractivity contribution < 1.29 is 18.8 Å². The Kier molecular flexibility index (Phi) is 6.88. The highest BCUT2D eigenvalue weighted by Gasteiger charge is 2.33. The summed E-state index contributed by atoms with van der Waals surface area (Å²) in [6.45, 7) is 4.36. The second kappa shape index (κ2) is 9.99. The molecule has 33 heavy (non-hydrogen) atoms. The molecule has 1 unspecified atom stereocenters. The molecule has 174 valence electrons. The SMILES string of the molecule is CCN1CCCC1CNC(=O)CN1C(=O)CN(C(=O)Nc2ccc(F)cc2)c2ccccc21. The molecule has 2 heterocycles. The summed E-state index contributed by atoms with van der Waals surface area (Å²) in [5.74, 6) is -0.991. The highest BCUT2D eigenvalue weighted by molar-refractivity contribution is 6.14. The third-order valence-electron chi connectivity index (χ3n) is 6.14. The van der Waals surface area contributed by atoms with E-state index in [1.807, 2.05) is 0 Å². The zero-order valence-corrected chi connectivity index (χ0v) is 18.6. The van der Waals surface area contributed by atoms with E-state index in [2.05, 4.69) is 22.5 Å². The number of likely N-dealkylation sites (N-methyl/N-ethyl adjacent to an activating group) is 1. The first-order valence-corrected chi connectivity index (χ1v) is 11.2. The van der Waals surface area contributed by atoms with Gasteiger partial charge in [-0.15, -0.1) is 0 Å². The summed E-state index contributed by atoms with van der Waals surface area (Å²) in [6, 6.07) is 12.2. The van der Waals surface area contributed by atoms with E-state index in [0.29, 0.717) is 29.6 Å². The molecule has 0 bridgehead atoms. The van der Waals surface area contributed by atoms with Gasteiger partial charge in [0, 0.05) is 18.3 Å². The van der Waals surface area contributed by atoms with Gasteiger partial charge in [-0.05, 0) is 62.3 Å². The number of nitrogens with zero attached hydrogens (tertiary/aromatic N) is 3. The van der Waals surface area contributed by atoms with E-state index in [-0.39, 0.29) is 24.9 Å². The molecule has 1 saturated heterocycles. The quantitative estimate of drug-likeness (QED) is 0.705. The maximum absolute atomic E-state index is 13.1. The number of benzene rings is 2. The van der Waals surface area contributed by atoms with Crippen LogP contribution in [0.1, 0.15) is 19.8 Å². The Hall–Kier alpha value is -3.46. The minimum Gasteiger partial charge on any atom is -0.353 e. The Morgan fingerprint density at radius 2 is 1.82 bits per heavy atom. The number of para-hydroxylation sites is 2. The summed E-state index contributed by atoms with van der Waals surface area (Å²) in [7, 11) is 0. The molecular weight excluding hydrogens is 425 g/mol. The Balaban J connectivity index is 1.44. The lowest BCUT2D eigenvalue weighted by atomic mass is 10.1. The van der Waals surface area contributed by atoms with Gasteiger partial charge in [-0.2, -0.15) is 0 Å². The minimum absolute atomic E-state index is 0.109. The predicted molar refractivity (Wildman–Crippen MR) is 125 cm³/mol. The fourth-order valence-corrected chi connectivity index (χ4v) is 4.41. The lowest BCUT2D eigenvalue weighted by Crippen LogP contribution is -2.52. The molecule has 2 aromatic rings. The summed E-state index contributed by atoms with van der Waals surface area (Å²) < 4.78 is 13.1. The van der Waals surface area contributed by atoms with Crippen molar-refractivity contribution in [3.8, 4) is 0 Å². The summed E-state index contributed by atoms with van der Waals surface area (Å²) >= 11 is 0. The second-order valence-corrected chi connectivity index (χ2v) is 8.22. The lowest BCUT2D eigenvalue weighted by molar-refractivity contribution is -0.123. The summed E-state index contributed by atoms with van der Waals surface area (Å²) in [5, 5.41) is 5.64. The van der Waals surface area contributed by atoms with Gasteiger partial charge in [0.15, 0.2) is 0 Å². The van der Waals surface area contributed by atoms with Crippen molar-refractivity contribution in [3.63, 3.8) is 0 Å². The summed E-state index contributed by atoms with van der Waals surface area (Å²) in [5.41, 5.74) is 1.44. The molecule has 2 aromatic carbocycles. The van der Waals surface area contributed by atoms with Crippen molar-refractivity contribution in [3.05, 3.63) is 54.3 Å². The third-order valence-corrected chi connectivity index (χ3v) is 6.14. The standard InChI is InChI=1S/C24H28FN5O3/c1-2-28-13-5-6-19(28)14-26-22(31)15-29-20-7-3-4-8-21(20)30(16-23(29)32)24(33)27-18-11-9-17(25)10-12-18/h3-4,7-12,19H,2,5-6,13-16H2,1H3,(H,26,31)(H,27,33). The van der Waals surface area contributed by atoms with Crippen molar-refractivity contribution in [1.29, 1.82) is 0 Å². The van der Waals surface area contributed by atoms with Crippen molar-refractivity contribution in [2.24, 2.45) is 0 Å². The Bertz CT molecular complexity index is 1030. The fourth-order valence-electron chi connectivity index (χ4n) is 4.41. The number of fused-ring (bicyclic) bond motifs is 1. The van der Waals surface area contributed by atoms with E-state index in [0.717, 1.165) is 25.9 Å². The van der Waals surface area contributed by atoms with Crippen LogP contribution in [-0.2, 0) is 9.59 Å². The van der Waals surface area contributed by atoms with Gasteiger partial charge in [-0.3, -0.25) is 24.3 Å². The number of carbonyl (C=O) groups is 3. The van der Waals surface area contributed by atoms with Crippen molar-refractivity contribution in [2.45, 2.75) is 25.8 Å². The Labute approximate surface area is 192 Å². The van der Waals surface area contributed by atoms with Gasteiger partial charge in [0.1, 0.15) is 18.9 Å².